The molecular weight excluding hydrogens is 390 g/mol. The number of Topliss-reactive ketones (excluding diaryl/α,β-unsaturated/α-hetero) is 2. The maximum atomic E-state index is 13.2. The van der Waals surface area contributed by atoms with Crippen molar-refractivity contribution in [2.24, 2.45) is 5.92 Å². The Morgan fingerprint density at radius 2 is 1.29 bits per heavy atom. The molecule has 2 amide bonds. The quantitative estimate of drug-likeness (QED) is 0.431. The number of carbonyl (C=O) groups is 4. The molecule has 0 bridgehead atoms. The van der Waals surface area contributed by atoms with E-state index in [-0.39, 0.29) is 35.2 Å². The number of hydrogen-bond donors (Lipinski definition) is 0. The van der Waals surface area contributed by atoms with Crippen molar-refractivity contribution in [2.75, 3.05) is 4.90 Å². The van der Waals surface area contributed by atoms with Crippen LogP contribution < -0.4 is 4.90 Å². The van der Waals surface area contributed by atoms with Gasteiger partial charge in [-0.05, 0) is 61.8 Å². The van der Waals surface area contributed by atoms with E-state index in [0.29, 0.717) is 29.7 Å². The van der Waals surface area contributed by atoms with E-state index in [9.17, 15) is 19.2 Å². The molecule has 0 fully saturated rings. The molecule has 0 radical (unpaired) electrons. The number of nitrogens with zero attached hydrogens (tertiary/aromatic N) is 1. The first-order valence-corrected chi connectivity index (χ1v) is 10.8. The van der Waals surface area contributed by atoms with E-state index in [1.54, 1.807) is 24.3 Å². The molecule has 1 aliphatic heterocycles. The van der Waals surface area contributed by atoms with E-state index in [4.69, 9.17) is 0 Å². The molecule has 1 heterocycles. The Bertz CT molecular complexity index is 1000. The van der Waals surface area contributed by atoms with Gasteiger partial charge in [-0.3, -0.25) is 19.2 Å². The molecule has 5 heteroatoms. The summed E-state index contributed by atoms with van der Waals surface area (Å²) in [5.74, 6) is -1.43. The zero-order chi connectivity index (χ0) is 22.9. The topological polar surface area (TPSA) is 71.5 Å². The summed E-state index contributed by atoms with van der Waals surface area (Å²) in [6.07, 6.45) is 1.04. The zero-order valence-electron chi connectivity index (χ0n) is 18.8. The van der Waals surface area contributed by atoms with Crippen molar-refractivity contribution in [2.45, 2.75) is 59.3 Å². The Kier molecular flexibility index (Phi) is 6.54. The van der Waals surface area contributed by atoms with E-state index in [2.05, 4.69) is 0 Å². The molecule has 0 saturated heterocycles. The summed E-state index contributed by atoms with van der Waals surface area (Å²) in [7, 11) is 0. The lowest BCUT2D eigenvalue weighted by Crippen LogP contribution is -2.32. The van der Waals surface area contributed by atoms with E-state index in [1.807, 2.05) is 39.0 Å². The highest BCUT2D eigenvalue weighted by atomic mass is 16.2. The molecule has 0 spiro atoms. The molecule has 0 N–H and O–H groups in total. The second-order valence-corrected chi connectivity index (χ2v) is 8.68. The molecule has 5 nitrogen and oxygen atoms in total. The van der Waals surface area contributed by atoms with Crippen LogP contribution in [0.15, 0.2) is 42.5 Å². The molecule has 1 aliphatic rings. The third kappa shape index (κ3) is 4.22. The van der Waals surface area contributed by atoms with Gasteiger partial charge in [-0.2, -0.15) is 0 Å². The number of para-hydroxylation sites is 1. The van der Waals surface area contributed by atoms with E-state index >= 15 is 0 Å². The fourth-order valence-corrected chi connectivity index (χ4v) is 4.36. The SMILES string of the molecule is CC(=O)C(CCC(C)c1cccc(C(C)C)c1N1C(=O)c2ccccc2C1=O)C(C)=O. The van der Waals surface area contributed by atoms with Crippen molar-refractivity contribution in [3.63, 3.8) is 0 Å². The average molecular weight is 420 g/mol. The summed E-state index contributed by atoms with van der Waals surface area (Å²) in [4.78, 5) is 51.4. The van der Waals surface area contributed by atoms with Crippen molar-refractivity contribution in [1.82, 2.24) is 0 Å². The van der Waals surface area contributed by atoms with Crippen LogP contribution >= 0.6 is 0 Å². The van der Waals surface area contributed by atoms with Crippen molar-refractivity contribution in [3.8, 4) is 0 Å². The lowest BCUT2D eigenvalue weighted by Gasteiger charge is -2.27. The smallest absolute Gasteiger partial charge is 0.266 e. The van der Waals surface area contributed by atoms with Crippen LogP contribution in [-0.2, 0) is 9.59 Å². The van der Waals surface area contributed by atoms with E-state index < -0.39 is 5.92 Å². The monoisotopic (exact) mass is 419 g/mol. The zero-order valence-corrected chi connectivity index (χ0v) is 18.8. The first kappa shape index (κ1) is 22.6. The van der Waals surface area contributed by atoms with Crippen molar-refractivity contribution < 1.29 is 19.2 Å². The summed E-state index contributed by atoms with van der Waals surface area (Å²) < 4.78 is 0. The van der Waals surface area contributed by atoms with E-state index in [0.717, 1.165) is 11.1 Å². The van der Waals surface area contributed by atoms with Gasteiger partial charge in [0.05, 0.1) is 22.7 Å². The highest BCUT2D eigenvalue weighted by Crippen LogP contribution is 2.40. The molecule has 0 aliphatic carbocycles. The molecule has 3 rings (SSSR count). The fraction of sp³-hybridized carbons (Fsp3) is 0.385. The Morgan fingerprint density at radius 1 is 0.774 bits per heavy atom. The molecular formula is C26H29NO4. The highest BCUT2D eigenvalue weighted by Gasteiger charge is 2.39. The van der Waals surface area contributed by atoms with Gasteiger partial charge >= 0.3 is 0 Å². The normalized spacial score (nSPS) is 14.4. The third-order valence-electron chi connectivity index (χ3n) is 6.14. The Balaban J connectivity index is 2.03. The second kappa shape index (κ2) is 8.96. The van der Waals surface area contributed by atoms with Crippen LogP contribution in [0.25, 0.3) is 0 Å². The van der Waals surface area contributed by atoms with Gasteiger partial charge in [-0.25, -0.2) is 4.90 Å². The number of fused-ring (bicyclic) bond motifs is 1. The first-order valence-electron chi connectivity index (χ1n) is 10.8. The highest BCUT2D eigenvalue weighted by molar-refractivity contribution is 6.34. The number of benzene rings is 2. The van der Waals surface area contributed by atoms with Gasteiger partial charge in [0.2, 0.25) is 0 Å². The Hall–Kier alpha value is -3.08. The maximum absolute atomic E-state index is 13.2. The minimum absolute atomic E-state index is 0.0424. The maximum Gasteiger partial charge on any atom is 0.266 e. The van der Waals surface area contributed by atoms with Crippen LogP contribution in [0.1, 0.15) is 91.1 Å². The van der Waals surface area contributed by atoms with Gasteiger partial charge in [0.25, 0.3) is 11.8 Å². The molecule has 2 aromatic carbocycles. The number of anilines is 1. The largest absolute Gasteiger partial charge is 0.299 e. The number of carbonyl (C=O) groups excluding carboxylic acids is 4. The molecule has 1 unspecified atom stereocenters. The van der Waals surface area contributed by atoms with Gasteiger partial charge in [0.15, 0.2) is 0 Å². The molecule has 0 aromatic heterocycles. The molecule has 0 saturated carbocycles. The summed E-state index contributed by atoms with van der Waals surface area (Å²) in [5.41, 5.74) is 3.27. The predicted molar refractivity (Wildman–Crippen MR) is 121 cm³/mol. The average Bonchev–Trinajstić information content (AvgIpc) is 2.97. The number of hydrogen-bond acceptors (Lipinski definition) is 4. The summed E-state index contributed by atoms with van der Waals surface area (Å²) in [6, 6.07) is 12.7. The van der Waals surface area contributed by atoms with Crippen molar-refractivity contribution >= 4 is 29.1 Å². The fourth-order valence-electron chi connectivity index (χ4n) is 4.36. The minimum atomic E-state index is -0.613. The standard InChI is InChI=1S/C26H29NO4/c1-15(2)19-11-8-12-20(16(3)13-14-21(17(4)28)18(5)29)24(19)27-25(30)22-9-6-7-10-23(22)26(27)31/h6-12,15-16,21H,13-14H2,1-5H3. The van der Waals surface area contributed by atoms with Gasteiger partial charge in [-0.15, -0.1) is 0 Å². The second-order valence-electron chi connectivity index (χ2n) is 8.68. The summed E-state index contributed by atoms with van der Waals surface area (Å²) >= 11 is 0. The summed E-state index contributed by atoms with van der Waals surface area (Å²) in [5, 5.41) is 0. The molecule has 1 atom stereocenters. The molecule has 162 valence electrons. The first-order chi connectivity index (χ1) is 14.6. The predicted octanol–water partition coefficient (Wildman–Crippen LogP) is 5.29. The van der Waals surface area contributed by atoms with Crippen molar-refractivity contribution in [1.29, 1.82) is 0 Å². The van der Waals surface area contributed by atoms with Crippen LogP contribution in [0.3, 0.4) is 0 Å². The number of amides is 2. The molecule has 31 heavy (non-hydrogen) atoms. The Labute approximate surface area is 183 Å². The lowest BCUT2D eigenvalue weighted by atomic mass is 9.85. The van der Waals surface area contributed by atoms with Crippen LogP contribution in [0.2, 0.25) is 0 Å². The van der Waals surface area contributed by atoms with Gasteiger partial charge in [0.1, 0.15) is 11.6 Å². The lowest BCUT2D eigenvalue weighted by molar-refractivity contribution is -0.130. The number of rotatable bonds is 8. The van der Waals surface area contributed by atoms with Crippen molar-refractivity contribution in [3.05, 3.63) is 64.7 Å². The molecule has 2 aromatic rings. The third-order valence-corrected chi connectivity index (χ3v) is 6.14. The van der Waals surface area contributed by atoms with Crippen LogP contribution in [-0.4, -0.2) is 23.4 Å². The summed E-state index contributed by atoms with van der Waals surface area (Å²) in [6.45, 7) is 8.97. The Morgan fingerprint density at radius 3 is 1.77 bits per heavy atom. The van der Waals surface area contributed by atoms with Crippen LogP contribution in [0.4, 0.5) is 5.69 Å². The van der Waals surface area contributed by atoms with E-state index in [1.165, 1.54) is 18.7 Å². The minimum Gasteiger partial charge on any atom is -0.299 e. The van der Waals surface area contributed by atoms with Crippen LogP contribution in [0.5, 0.6) is 0 Å². The van der Waals surface area contributed by atoms with Gasteiger partial charge in [0, 0.05) is 0 Å². The van der Waals surface area contributed by atoms with Crippen LogP contribution in [0, 0.1) is 5.92 Å². The number of ketones is 2. The van der Waals surface area contributed by atoms with Gasteiger partial charge in [-0.1, -0.05) is 51.1 Å². The number of imide groups is 1. The van der Waals surface area contributed by atoms with Gasteiger partial charge < -0.3 is 0 Å².